The maximum Gasteiger partial charge on any atom is 0.222 e. The van der Waals surface area contributed by atoms with E-state index in [0.29, 0.717) is 25.6 Å². The molecule has 1 aliphatic heterocycles. The second kappa shape index (κ2) is 10.5. The molecule has 4 rings (SSSR count). The first kappa shape index (κ1) is 22.8. The molecular weight excluding hydrogens is 422 g/mol. The number of hydrogen-bond acceptors (Lipinski definition) is 5. The van der Waals surface area contributed by atoms with Crippen LogP contribution in [0.4, 0.5) is 0 Å². The highest BCUT2D eigenvalue weighted by Gasteiger charge is 2.30. The van der Waals surface area contributed by atoms with Crippen molar-refractivity contribution in [3.63, 3.8) is 0 Å². The number of rotatable bonds is 8. The van der Waals surface area contributed by atoms with Crippen molar-refractivity contribution in [2.75, 3.05) is 19.3 Å². The highest BCUT2D eigenvalue weighted by Crippen LogP contribution is 2.34. The van der Waals surface area contributed by atoms with Crippen molar-refractivity contribution in [2.24, 2.45) is 0 Å². The minimum absolute atomic E-state index is 0.0139. The van der Waals surface area contributed by atoms with Crippen LogP contribution in [0.15, 0.2) is 29.4 Å². The summed E-state index contributed by atoms with van der Waals surface area (Å²) >= 11 is 1.65. The van der Waals surface area contributed by atoms with Crippen LogP contribution in [0.1, 0.15) is 74.5 Å². The molecule has 1 aromatic heterocycles. The molecule has 0 spiro atoms. The van der Waals surface area contributed by atoms with E-state index in [0.717, 1.165) is 35.8 Å². The molecule has 1 aromatic carbocycles. The molecule has 2 aliphatic rings. The molecule has 0 radical (unpaired) electrons. The molecule has 8 heteroatoms. The Bertz CT molecular complexity index is 954. The van der Waals surface area contributed by atoms with Crippen molar-refractivity contribution < 1.29 is 9.59 Å². The minimum Gasteiger partial charge on any atom is -0.356 e. The Hall–Kier alpha value is -2.35. The van der Waals surface area contributed by atoms with Gasteiger partial charge in [0, 0.05) is 32.5 Å². The summed E-state index contributed by atoms with van der Waals surface area (Å²) < 4.78 is 2.32. The zero-order valence-electron chi connectivity index (χ0n) is 19.0. The first-order chi connectivity index (χ1) is 15.6. The Kier molecular flexibility index (Phi) is 7.50. The zero-order chi connectivity index (χ0) is 22.5. The number of fused-ring (bicyclic) bond motifs is 1. The summed E-state index contributed by atoms with van der Waals surface area (Å²) in [5.41, 5.74) is 2.33. The summed E-state index contributed by atoms with van der Waals surface area (Å²) in [5.74, 6) is 1.03. The van der Waals surface area contributed by atoms with E-state index < -0.39 is 0 Å². The van der Waals surface area contributed by atoms with Crippen LogP contribution < -0.4 is 5.32 Å². The average molecular weight is 456 g/mol. The summed E-state index contributed by atoms with van der Waals surface area (Å²) in [6.45, 7) is 2.85. The lowest BCUT2D eigenvalue weighted by Gasteiger charge is -2.36. The van der Waals surface area contributed by atoms with Gasteiger partial charge in [-0.25, -0.2) is 0 Å². The second-order valence-electron chi connectivity index (χ2n) is 8.75. The molecular formula is C24H33N5O2S. The fraction of sp³-hybridized carbons (Fsp3) is 0.583. The van der Waals surface area contributed by atoms with E-state index >= 15 is 0 Å². The molecule has 2 amide bonds. The van der Waals surface area contributed by atoms with E-state index in [-0.39, 0.29) is 17.9 Å². The average Bonchev–Trinajstić information content (AvgIpc) is 3.46. The van der Waals surface area contributed by atoms with Gasteiger partial charge in [-0.3, -0.25) is 9.59 Å². The summed E-state index contributed by atoms with van der Waals surface area (Å²) in [7, 11) is 0. The largest absolute Gasteiger partial charge is 0.356 e. The maximum absolute atomic E-state index is 12.7. The Morgan fingerprint density at radius 1 is 1.19 bits per heavy atom. The quantitative estimate of drug-likeness (QED) is 0.485. The minimum atomic E-state index is -0.188. The van der Waals surface area contributed by atoms with E-state index in [1.165, 1.54) is 31.2 Å². The van der Waals surface area contributed by atoms with Gasteiger partial charge in [0.25, 0.3) is 0 Å². The summed E-state index contributed by atoms with van der Waals surface area (Å²) in [4.78, 5) is 26.7. The van der Waals surface area contributed by atoms with Crippen LogP contribution in [-0.4, -0.2) is 50.8 Å². The maximum atomic E-state index is 12.7. The zero-order valence-corrected chi connectivity index (χ0v) is 19.9. The molecule has 2 aromatic rings. The molecule has 1 atom stereocenters. The van der Waals surface area contributed by atoms with Gasteiger partial charge in [0.15, 0.2) is 5.16 Å². The number of aromatic nitrogens is 3. The number of aryl methyl sites for hydroxylation is 1. The van der Waals surface area contributed by atoms with E-state index in [1.807, 2.05) is 29.4 Å². The number of benzene rings is 1. The summed E-state index contributed by atoms with van der Waals surface area (Å²) in [6.07, 6.45) is 9.75. The topological polar surface area (TPSA) is 80.1 Å². The molecule has 0 bridgehead atoms. The molecule has 7 nitrogen and oxygen atoms in total. The van der Waals surface area contributed by atoms with Crippen LogP contribution in [0, 0.1) is 0 Å². The van der Waals surface area contributed by atoms with Gasteiger partial charge in [-0.15, -0.1) is 10.2 Å². The van der Waals surface area contributed by atoms with E-state index in [9.17, 15) is 9.59 Å². The standard InChI is InChI=1S/C24H33N5O2S/c1-17(30)28-15-13-18-8-3-6-11-20(18)21(28)16-23(31)25-14-7-12-22-26-27-24(32-2)29(22)19-9-4-5-10-19/h3,6,8,11,19,21H,4-5,7,9-10,12-16H2,1-2H3,(H,25,31). The van der Waals surface area contributed by atoms with E-state index in [1.54, 1.807) is 18.7 Å². The van der Waals surface area contributed by atoms with Gasteiger partial charge in [-0.1, -0.05) is 48.9 Å². The normalized spacial score (nSPS) is 18.6. The first-order valence-electron chi connectivity index (χ1n) is 11.7. The molecule has 32 heavy (non-hydrogen) atoms. The molecule has 0 saturated heterocycles. The third-order valence-corrected chi connectivity index (χ3v) is 7.35. The number of carbonyl (C=O) groups excluding carboxylic acids is 2. The van der Waals surface area contributed by atoms with Crippen molar-refractivity contribution in [3.8, 4) is 0 Å². The van der Waals surface area contributed by atoms with Gasteiger partial charge >= 0.3 is 0 Å². The highest BCUT2D eigenvalue weighted by atomic mass is 32.2. The number of hydrogen-bond donors (Lipinski definition) is 1. The summed E-state index contributed by atoms with van der Waals surface area (Å²) in [6, 6.07) is 8.47. The fourth-order valence-corrected chi connectivity index (χ4v) is 5.69. The molecule has 172 valence electrons. The smallest absolute Gasteiger partial charge is 0.222 e. The number of thioether (sulfide) groups is 1. The Balaban J connectivity index is 1.32. The first-order valence-corrected chi connectivity index (χ1v) is 12.9. The lowest BCUT2D eigenvalue weighted by Crippen LogP contribution is -2.41. The molecule has 1 aliphatic carbocycles. The van der Waals surface area contributed by atoms with Crippen LogP contribution in [0.5, 0.6) is 0 Å². The Morgan fingerprint density at radius 3 is 2.72 bits per heavy atom. The third-order valence-electron chi connectivity index (χ3n) is 6.70. The van der Waals surface area contributed by atoms with Crippen molar-refractivity contribution in [3.05, 3.63) is 41.2 Å². The van der Waals surface area contributed by atoms with Gasteiger partial charge in [0.1, 0.15) is 5.82 Å². The molecule has 1 N–H and O–H groups in total. The predicted octanol–water partition coefficient (Wildman–Crippen LogP) is 3.70. The second-order valence-corrected chi connectivity index (χ2v) is 9.52. The molecule has 1 saturated carbocycles. The molecule has 1 unspecified atom stereocenters. The third kappa shape index (κ3) is 5.00. The number of amides is 2. The van der Waals surface area contributed by atoms with Gasteiger partial charge in [0.2, 0.25) is 11.8 Å². The van der Waals surface area contributed by atoms with Crippen LogP contribution in [0.3, 0.4) is 0 Å². The fourth-order valence-electron chi connectivity index (χ4n) is 5.12. The monoisotopic (exact) mass is 455 g/mol. The lowest BCUT2D eigenvalue weighted by molar-refractivity contribution is -0.133. The van der Waals surface area contributed by atoms with Crippen LogP contribution >= 0.6 is 11.8 Å². The predicted molar refractivity (Wildman–Crippen MR) is 126 cm³/mol. The Morgan fingerprint density at radius 2 is 1.97 bits per heavy atom. The SMILES string of the molecule is CSc1nnc(CCCNC(=O)CC2c3ccccc3CCN2C(C)=O)n1C1CCCC1. The van der Waals surface area contributed by atoms with Gasteiger partial charge < -0.3 is 14.8 Å². The molecule has 2 heterocycles. The summed E-state index contributed by atoms with van der Waals surface area (Å²) in [5, 5.41) is 12.9. The van der Waals surface area contributed by atoms with Crippen molar-refractivity contribution >= 4 is 23.6 Å². The van der Waals surface area contributed by atoms with Gasteiger partial charge in [0.05, 0.1) is 12.5 Å². The van der Waals surface area contributed by atoms with Crippen molar-refractivity contribution in [2.45, 2.75) is 75.5 Å². The lowest BCUT2D eigenvalue weighted by atomic mass is 9.90. The van der Waals surface area contributed by atoms with E-state index in [2.05, 4.69) is 26.1 Å². The van der Waals surface area contributed by atoms with E-state index in [4.69, 9.17) is 0 Å². The number of nitrogens with one attached hydrogen (secondary N) is 1. The number of carbonyl (C=O) groups is 2. The van der Waals surface area contributed by atoms with Crippen LogP contribution in [0.25, 0.3) is 0 Å². The molecule has 1 fully saturated rings. The van der Waals surface area contributed by atoms with Crippen LogP contribution in [0.2, 0.25) is 0 Å². The van der Waals surface area contributed by atoms with Crippen molar-refractivity contribution in [1.82, 2.24) is 25.0 Å². The van der Waals surface area contributed by atoms with Crippen LogP contribution in [-0.2, 0) is 22.4 Å². The van der Waals surface area contributed by atoms with Gasteiger partial charge in [-0.05, 0) is 43.1 Å². The Labute approximate surface area is 194 Å². The highest BCUT2D eigenvalue weighted by molar-refractivity contribution is 7.98. The van der Waals surface area contributed by atoms with Gasteiger partial charge in [-0.2, -0.15) is 0 Å². The number of nitrogens with zero attached hydrogens (tertiary/aromatic N) is 4. The van der Waals surface area contributed by atoms with Crippen molar-refractivity contribution in [1.29, 1.82) is 0 Å².